The standard InChI is InChI=1S/C21H27FN2O2S/c1-15(2)11-23(17(4)25)14-21(26)24(13-20-16(3)9-10-27-20)12-18-5-7-19(22)8-6-18/h5-10,15H,11-14H2,1-4H3. The lowest BCUT2D eigenvalue weighted by Gasteiger charge is -2.28. The van der Waals surface area contributed by atoms with E-state index in [4.69, 9.17) is 0 Å². The van der Waals surface area contributed by atoms with Crippen molar-refractivity contribution in [2.75, 3.05) is 13.1 Å². The highest BCUT2D eigenvalue weighted by atomic mass is 32.1. The lowest BCUT2D eigenvalue weighted by molar-refractivity contribution is -0.140. The summed E-state index contributed by atoms with van der Waals surface area (Å²) < 4.78 is 13.2. The van der Waals surface area contributed by atoms with Gasteiger partial charge in [0.15, 0.2) is 0 Å². The Kier molecular flexibility index (Phi) is 7.54. The van der Waals surface area contributed by atoms with Crippen LogP contribution in [-0.2, 0) is 22.7 Å². The number of halogens is 1. The third kappa shape index (κ3) is 6.47. The van der Waals surface area contributed by atoms with Crippen LogP contribution >= 0.6 is 11.3 Å². The van der Waals surface area contributed by atoms with E-state index in [0.717, 1.165) is 16.0 Å². The number of rotatable bonds is 8. The zero-order valence-corrected chi connectivity index (χ0v) is 17.2. The molecule has 0 aliphatic carbocycles. The van der Waals surface area contributed by atoms with E-state index in [1.807, 2.05) is 32.2 Å². The molecule has 0 spiro atoms. The molecule has 27 heavy (non-hydrogen) atoms. The summed E-state index contributed by atoms with van der Waals surface area (Å²) in [7, 11) is 0. The fraction of sp³-hybridized carbons (Fsp3) is 0.429. The summed E-state index contributed by atoms with van der Waals surface area (Å²) in [6.45, 7) is 9.01. The van der Waals surface area contributed by atoms with Gasteiger partial charge in [-0.15, -0.1) is 11.3 Å². The van der Waals surface area contributed by atoms with Crippen molar-refractivity contribution in [1.29, 1.82) is 0 Å². The first-order chi connectivity index (χ1) is 12.8. The minimum absolute atomic E-state index is 0.0547. The fourth-order valence-corrected chi connectivity index (χ4v) is 3.71. The molecule has 2 amide bonds. The summed E-state index contributed by atoms with van der Waals surface area (Å²) in [5, 5.41) is 2.01. The van der Waals surface area contributed by atoms with Crippen molar-refractivity contribution in [2.24, 2.45) is 5.92 Å². The molecule has 6 heteroatoms. The van der Waals surface area contributed by atoms with Crippen LogP contribution in [0.1, 0.15) is 36.8 Å². The molecule has 0 bridgehead atoms. The number of aryl methyl sites for hydroxylation is 1. The Bertz CT molecular complexity index is 771. The third-order valence-electron chi connectivity index (χ3n) is 4.30. The minimum atomic E-state index is -0.301. The van der Waals surface area contributed by atoms with Crippen molar-refractivity contribution in [1.82, 2.24) is 9.80 Å². The predicted molar refractivity (Wildman–Crippen MR) is 107 cm³/mol. The van der Waals surface area contributed by atoms with Crippen LogP contribution < -0.4 is 0 Å². The Balaban J connectivity index is 2.18. The van der Waals surface area contributed by atoms with E-state index in [1.54, 1.807) is 33.3 Å². The molecule has 0 saturated carbocycles. The van der Waals surface area contributed by atoms with Crippen LogP contribution in [0, 0.1) is 18.7 Å². The summed E-state index contributed by atoms with van der Waals surface area (Å²) in [6.07, 6.45) is 0. The number of carbonyl (C=O) groups is 2. The highest BCUT2D eigenvalue weighted by Crippen LogP contribution is 2.20. The van der Waals surface area contributed by atoms with Crippen molar-refractivity contribution in [3.63, 3.8) is 0 Å². The van der Waals surface area contributed by atoms with E-state index in [0.29, 0.717) is 19.6 Å². The first kappa shape index (κ1) is 21.1. The van der Waals surface area contributed by atoms with E-state index in [-0.39, 0.29) is 30.1 Å². The van der Waals surface area contributed by atoms with Gasteiger partial charge in [-0.1, -0.05) is 26.0 Å². The molecule has 1 heterocycles. The SMILES string of the molecule is CC(=O)N(CC(=O)N(Cc1ccc(F)cc1)Cc1sccc1C)CC(C)C. The number of benzene rings is 1. The minimum Gasteiger partial charge on any atom is -0.333 e. The van der Waals surface area contributed by atoms with Crippen molar-refractivity contribution >= 4 is 23.2 Å². The molecule has 146 valence electrons. The second-order valence-electron chi connectivity index (χ2n) is 7.20. The monoisotopic (exact) mass is 390 g/mol. The maximum atomic E-state index is 13.2. The maximum absolute atomic E-state index is 13.2. The molecule has 0 saturated heterocycles. The third-order valence-corrected chi connectivity index (χ3v) is 5.31. The van der Waals surface area contributed by atoms with Gasteiger partial charge in [0, 0.05) is 24.9 Å². The molecule has 0 fully saturated rings. The maximum Gasteiger partial charge on any atom is 0.242 e. The Labute approximate surface area is 164 Å². The number of nitrogens with zero attached hydrogens (tertiary/aromatic N) is 2. The molecule has 4 nitrogen and oxygen atoms in total. The molecular weight excluding hydrogens is 363 g/mol. The lowest BCUT2D eigenvalue weighted by atomic mass is 10.2. The fourth-order valence-electron chi connectivity index (χ4n) is 2.79. The number of amides is 2. The molecule has 0 radical (unpaired) electrons. The van der Waals surface area contributed by atoms with Gasteiger partial charge in [-0.2, -0.15) is 0 Å². The van der Waals surface area contributed by atoms with Crippen molar-refractivity contribution < 1.29 is 14.0 Å². The Morgan fingerprint density at radius 1 is 1.07 bits per heavy atom. The van der Waals surface area contributed by atoms with Crippen molar-refractivity contribution in [2.45, 2.75) is 40.8 Å². The van der Waals surface area contributed by atoms with Crippen LogP contribution in [0.5, 0.6) is 0 Å². The van der Waals surface area contributed by atoms with Gasteiger partial charge in [-0.3, -0.25) is 9.59 Å². The van der Waals surface area contributed by atoms with Crippen LogP contribution in [0.3, 0.4) is 0 Å². The van der Waals surface area contributed by atoms with Gasteiger partial charge in [0.1, 0.15) is 5.82 Å². The Morgan fingerprint density at radius 2 is 1.74 bits per heavy atom. The molecule has 0 N–H and O–H groups in total. The Hall–Kier alpha value is -2.21. The highest BCUT2D eigenvalue weighted by Gasteiger charge is 2.21. The zero-order chi connectivity index (χ0) is 20.0. The van der Waals surface area contributed by atoms with Gasteiger partial charge in [-0.05, 0) is 47.5 Å². The van der Waals surface area contributed by atoms with Crippen molar-refractivity contribution in [3.8, 4) is 0 Å². The van der Waals surface area contributed by atoms with Gasteiger partial charge in [-0.25, -0.2) is 4.39 Å². The van der Waals surface area contributed by atoms with E-state index in [1.165, 1.54) is 19.1 Å². The summed E-state index contributed by atoms with van der Waals surface area (Å²) >= 11 is 1.61. The highest BCUT2D eigenvalue weighted by molar-refractivity contribution is 7.10. The lowest BCUT2D eigenvalue weighted by Crippen LogP contribution is -2.43. The van der Waals surface area contributed by atoms with E-state index in [9.17, 15) is 14.0 Å². The summed E-state index contributed by atoms with van der Waals surface area (Å²) in [5.74, 6) is -0.230. The average molecular weight is 391 g/mol. The van der Waals surface area contributed by atoms with Gasteiger partial charge < -0.3 is 9.80 Å². The normalized spacial score (nSPS) is 10.9. The molecule has 0 unspecified atom stereocenters. The van der Waals surface area contributed by atoms with Gasteiger partial charge in [0.25, 0.3) is 0 Å². The topological polar surface area (TPSA) is 40.6 Å². The van der Waals surface area contributed by atoms with Crippen molar-refractivity contribution in [3.05, 3.63) is 57.5 Å². The molecule has 0 atom stereocenters. The average Bonchev–Trinajstić information content (AvgIpc) is 3.00. The van der Waals surface area contributed by atoms with E-state index in [2.05, 4.69) is 0 Å². The summed E-state index contributed by atoms with van der Waals surface area (Å²) in [4.78, 5) is 29.4. The molecular formula is C21H27FN2O2S. The predicted octanol–water partition coefficient (Wildman–Crippen LogP) is 4.23. The molecule has 1 aromatic heterocycles. The van der Waals surface area contributed by atoms with Gasteiger partial charge in [0.05, 0.1) is 13.1 Å². The van der Waals surface area contributed by atoms with Crippen LogP contribution in [0.2, 0.25) is 0 Å². The largest absolute Gasteiger partial charge is 0.333 e. The van der Waals surface area contributed by atoms with E-state index >= 15 is 0 Å². The van der Waals surface area contributed by atoms with Crippen LogP contribution in [0.25, 0.3) is 0 Å². The van der Waals surface area contributed by atoms with Crippen LogP contribution in [0.4, 0.5) is 4.39 Å². The first-order valence-corrected chi connectivity index (χ1v) is 9.95. The quantitative estimate of drug-likeness (QED) is 0.677. The molecule has 0 aliphatic heterocycles. The number of carbonyl (C=O) groups excluding carboxylic acids is 2. The summed E-state index contributed by atoms with van der Waals surface area (Å²) in [6, 6.07) is 8.20. The zero-order valence-electron chi connectivity index (χ0n) is 16.4. The number of thiophene rings is 1. The number of hydrogen-bond donors (Lipinski definition) is 0. The second-order valence-corrected chi connectivity index (χ2v) is 8.20. The van der Waals surface area contributed by atoms with E-state index < -0.39 is 0 Å². The molecule has 2 aromatic rings. The molecule has 1 aromatic carbocycles. The second kappa shape index (κ2) is 9.65. The first-order valence-electron chi connectivity index (χ1n) is 9.07. The van der Waals surface area contributed by atoms with Crippen LogP contribution in [-0.4, -0.2) is 34.7 Å². The smallest absolute Gasteiger partial charge is 0.242 e. The van der Waals surface area contributed by atoms with Gasteiger partial charge >= 0.3 is 0 Å². The van der Waals surface area contributed by atoms with Crippen LogP contribution in [0.15, 0.2) is 35.7 Å². The van der Waals surface area contributed by atoms with Gasteiger partial charge in [0.2, 0.25) is 11.8 Å². The summed E-state index contributed by atoms with van der Waals surface area (Å²) in [5.41, 5.74) is 2.00. The Morgan fingerprint density at radius 3 is 2.26 bits per heavy atom. The molecule has 2 rings (SSSR count). The number of hydrogen-bond acceptors (Lipinski definition) is 3. The molecule has 0 aliphatic rings.